The zero-order valence-corrected chi connectivity index (χ0v) is 13.5. The number of halogens is 2. The summed E-state index contributed by atoms with van der Waals surface area (Å²) in [4.78, 5) is 0. The average Bonchev–Trinajstić information content (AvgIpc) is 2.48. The Morgan fingerprint density at radius 1 is 1.45 bits per heavy atom. The first-order valence-corrected chi connectivity index (χ1v) is 7.64. The van der Waals surface area contributed by atoms with Gasteiger partial charge in [-0.1, -0.05) is 15.9 Å². The molecule has 1 aliphatic heterocycles. The topological polar surface area (TPSA) is 30.5 Å². The quantitative estimate of drug-likeness (QED) is 0.889. The van der Waals surface area contributed by atoms with Crippen molar-refractivity contribution in [3.05, 3.63) is 34.1 Å². The van der Waals surface area contributed by atoms with Crippen LogP contribution in [0.4, 0.5) is 4.39 Å². The Balaban J connectivity index is 2.21. The fourth-order valence-corrected chi connectivity index (χ4v) is 3.29. The second-order valence-corrected chi connectivity index (χ2v) is 6.08. The first-order valence-electron chi connectivity index (χ1n) is 6.85. The van der Waals surface area contributed by atoms with Crippen molar-refractivity contribution < 1.29 is 13.9 Å². The first kappa shape index (κ1) is 15.9. The number of hydrogen-bond donors (Lipinski definition) is 1. The fourth-order valence-electron chi connectivity index (χ4n) is 2.88. The maximum atomic E-state index is 13.9. The van der Waals surface area contributed by atoms with Gasteiger partial charge >= 0.3 is 0 Å². The van der Waals surface area contributed by atoms with E-state index in [0.717, 1.165) is 17.3 Å². The van der Waals surface area contributed by atoms with Crippen molar-refractivity contribution in [2.75, 3.05) is 27.4 Å². The van der Waals surface area contributed by atoms with Crippen LogP contribution in [0.5, 0.6) is 0 Å². The molecule has 1 atom stereocenters. The Hall–Kier alpha value is -0.490. The minimum atomic E-state index is -0.290. The van der Waals surface area contributed by atoms with E-state index in [2.05, 4.69) is 21.2 Å². The molecule has 3 nitrogen and oxygen atoms in total. The highest BCUT2D eigenvalue weighted by Gasteiger charge is 2.40. The molecular weight excluding hydrogens is 325 g/mol. The van der Waals surface area contributed by atoms with Crippen molar-refractivity contribution in [1.29, 1.82) is 0 Å². The third-order valence-electron chi connectivity index (χ3n) is 4.16. The maximum Gasteiger partial charge on any atom is 0.126 e. The van der Waals surface area contributed by atoms with Gasteiger partial charge in [0.1, 0.15) is 5.82 Å². The molecular formula is C15H21BrFNO2. The van der Waals surface area contributed by atoms with Crippen LogP contribution in [0, 0.1) is 5.82 Å². The van der Waals surface area contributed by atoms with E-state index in [1.54, 1.807) is 13.2 Å². The van der Waals surface area contributed by atoms with Crippen LogP contribution in [0.15, 0.2) is 22.7 Å². The summed E-state index contributed by atoms with van der Waals surface area (Å²) in [6.45, 7) is 1.37. The Kier molecular flexibility index (Phi) is 5.55. The highest BCUT2D eigenvalue weighted by molar-refractivity contribution is 9.10. The molecule has 1 heterocycles. The lowest BCUT2D eigenvalue weighted by atomic mass is 9.82. The number of rotatable bonds is 5. The SMILES string of the molecule is CNC(Cc1cc(Br)ccc1F)C1(OC)CCOCC1. The minimum absolute atomic E-state index is 0.0557. The Labute approximate surface area is 128 Å². The first-order chi connectivity index (χ1) is 9.61. The predicted octanol–water partition coefficient (Wildman–Crippen LogP) is 2.91. The summed E-state index contributed by atoms with van der Waals surface area (Å²) < 4.78 is 26.1. The van der Waals surface area contributed by atoms with Gasteiger partial charge < -0.3 is 14.8 Å². The van der Waals surface area contributed by atoms with Crippen molar-refractivity contribution in [2.24, 2.45) is 0 Å². The van der Waals surface area contributed by atoms with Crippen LogP contribution in [0.1, 0.15) is 18.4 Å². The van der Waals surface area contributed by atoms with Crippen LogP contribution in [-0.4, -0.2) is 39.0 Å². The largest absolute Gasteiger partial charge is 0.381 e. The molecule has 5 heteroatoms. The van der Waals surface area contributed by atoms with Gasteiger partial charge in [-0.15, -0.1) is 0 Å². The van der Waals surface area contributed by atoms with Crippen LogP contribution in [0.25, 0.3) is 0 Å². The standard InChI is InChI=1S/C15H21BrFNO2/c1-18-14(15(19-2)5-7-20-8-6-15)10-11-9-12(16)3-4-13(11)17/h3-4,9,14,18H,5-8,10H2,1-2H3. The van der Waals surface area contributed by atoms with Crippen molar-refractivity contribution in [3.8, 4) is 0 Å². The summed E-state index contributed by atoms with van der Waals surface area (Å²) in [6.07, 6.45) is 2.24. The van der Waals surface area contributed by atoms with Crippen molar-refractivity contribution >= 4 is 15.9 Å². The average molecular weight is 346 g/mol. The van der Waals surface area contributed by atoms with Crippen LogP contribution >= 0.6 is 15.9 Å². The predicted molar refractivity (Wildman–Crippen MR) is 80.4 cm³/mol. The summed E-state index contributed by atoms with van der Waals surface area (Å²) in [6, 6.07) is 5.10. The number of likely N-dealkylation sites (N-methyl/N-ethyl adjacent to an activating group) is 1. The van der Waals surface area contributed by atoms with Gasteiger partial charge in [0.05, 0.1) is 5.60 Å². The number of ether oxygens (including phenoxy) is 2. The monoisotopic (exact) mass is 345 g/mol. The van der Waals surface area contributed by atoms with E-state index < -0.39 is 0 Å². The third kappa shape index (κ3) is 3.39. The summed E-state index contributed by atoms with van der Waals surface area (Å²) in [5.41, 5.74) is 0.406. The Morgan fingerprint density at radius 3 is 2.75 bits per heavy atom. The number of nitrogens with one attached hydrogen (secondary N) is 1. The lowest BCUT2D eigenvalue weighted by Gasteiger charge is -2.42. The molecule has 1 N–H and O–H groups in total. The highest BCUT2D eigenvalue weighted by Crippen LogP contribution is 2.31. The Morgan fingerprint density at radius 2 is 2.15 bits per heavy atom. The summed E-state index contributed by atoms with van der Waals surface area (Å²) in [5.74, 6) is -0.174. The summed E-state index contributed by atoms with van der Waals surface area (Å²) in [7, 11) is 3.63. The molecule has 1 fully saturated rings. The maximum absolute atomic E-state index is 13.9. The summed E-state index contributed by atoms with van der Waals surface area (Å²) in [5, 5.41) is 3.30. The smallest absolute Gasteiger partial charge is 0.126 e. The lowest BCUT2D eigenvalue weighted by Crippen LogP contribution is -2.55. The molecule has 1 unspecified atom stereocenters. The molecule has 0 aliphatic carbocycles. The van der Waals surface area contributed by atoms with Gasteiger partial charge in [0, 0.05) is 43.7 Å². The molecule has 1 aliphatic rings. The van der Waals surface area contributed by atoms with E-state index in [-0.39, 0.29) is 17.5 Å². The van der Waals surface area contributed by atoms with Gasteiger partial charge in [-0.3, -0.25) is 0 Å². The van der Waals surface area contributed by atoms with Crippen molar-refractivity contribution in [3.63, 3.8) is 0 Å². The van der Waals surface area contributed by atoms with Gasteiger partial charge in [-0.25, -0.2) is 4.39 Å². The van der Waals surface area contributed by atoms with Crippen LogP contribution in [0.2, 0.25) is 0 Å². The Bertz CT molecular complexity index is 449. The molecule has 0 aromatic heterocycles. The van der Waals surface area contributed by atoms with Crippen LogP contribution < -0.4 is 5.32 Å². The van der Waals surface area contributed by atoms with Gasteiger partial charge in [-0.05, 0) is 37.2 Å². The second-order valence-electron chi connectivity index (χ2n) is 5.16. The number of hydrogen-bond acceptors (Lipinski definition) is 3. The minimum Gasteiger partial charge on any atom is -0.381 e. The fraction of sp³-hybridized carbons (Fsp3) is 0.600. The van der Waals surface area contributed by atoms with E-state index in [1.807, 2.05) is 13.1 Å². The van der Waals surface area contributed by atoms with Crippen molar-refractivity contribution in [1.82, 2.24) is 5.32 Å². The second kappa shape index (κ2) is 6.98. The molecule has 2 rings (SSSR count). The molecule has 0 spiro atoms. The summed E-state index contributed by atoms with van der Waals surface area (Å²) >= 11 is 3.40. The highest BCUT2D eigenvalue weighted by atomic mass is 79.9. The lowest BCUT2D eigenvalue weighted by molar-refractivity contribution is -0.109. The molecule has 0 radical (unpaired) electrons. The third-order valence-corrected chi connectivity index (χ3v) is 4.65. The molecule has 0 amide bonds. The van der Waals surface area contributed by atoms with Crippen molar-refractivity contribution in [2.45, 2.75) is 30.9 Å². The molecule has 0 saturated carbocycles. The van der Waals surface area contributed by atoms with Gasteiger partial charge in [0.25, 0.3) is 0 Å². The molecule has 112 valence electrons. The molecule has 0 bridgehead atoms. The van der Waals surface area contributed by atoms with Gasteiger partial charge in [0.15, 0.2) is 0 Å². The van der Waals surface area contributed by atoms with Crippen LogP contribution in [0.3, 0.4) is 0 Å². The molecule has 1 aromatic rings. The zero-order valence-electron chi connectivity index (χ0n) is 11.9. The van der Waals surface area contributed by atoms with Gasteiger partial charge in [-0.2, -0.15) is 0 Å². The number of benzene rings is 1. The van der Waals surface area contributed by atoms with E-state index in [0.29, 0.717) is 25.2 Å². The van der Waals surface area contributed by atoms with Crippen LogP contribution in [-0.2, 0) is 15.9 Å². The van der Waals surface area contributed by atoms with E-state index in [4.69, 9.17) is 9.47 Å². The number of methoxy groups -OCH3 is 1. The van der Waals surface area contributed by atoms with E-state index in [1.165, 1.54) is 6.07 Å². The van der Waals surface area contributed by atoms with E-state index in [9.17, 15) is 4.39 Å². The van der Waals surface area contributed by atoms with Gasteiger partial charge in [0.2, 0.25) is 0 Å². The normalized spacial score (nSPS) is 19.8. The molecule has 1 aromatic carbocycles. The van der Waals surface area contributed by atoms with E-state index >= 15 is 0 Å². The zero-order chi connectivity index (χ0) is 14.6. The molecule has 1 saturated heterocycles. The molecule has 20 heavy (non-hydrogen) atoms.